The standard InChI is InChI=1S/C28H25F3N6O4S/c1-14-19(10-32-27-25(14)34-35-36(27)2)18(9-24(39)40)16-7-15-5-6-42-26(15)17(8-16)11-37-12-20-21(3-4-23(38)33-20)41-22(13-37)28(29,30)31/h3-8,10,18,22H,9,11-13H2,1-2H3,(H,33,38)(H,39,40)/t18?,22-/m0/s1. The molecule has 2 N–H and O–H groups in total. The fourth-order valence-electron chi connectivity index (χ4n) is 5.47. The van der Waals surface area contributed by atoms with Crippen LogP contribution in [0.5, 0.6) is 11.6 Å². The summed E-state index contributed by atoms with van der Waals surface area (Å²) >= 11 is 1.45. The van der Waals surface area contributed by atoms with Gasteiger partial charge in [-0.1, -0.05) is 11.3 Å². The third-order valence-corrected chi connectivity index (χ3v) is 8.47. The third-order valence-electron chi connectivity index (χ3n) is 7.46. The smallest absolute Gasteiger partial charge is 0.426 e. The molecule has 0 saturated carbocycles. The molecule has 0 aliphatic carbocycles. The van der Waals surface area contributed by atoms with Gasteiger partial charge in [0.05, 0.1) is 6.42 Å². The zero-order valence-corrected chi connectivity index (χ0v) is 23.3. The van der Waals surface area contributed by atoms with Crippen LogP contribution in [-0.2, 0) is 24.9 Å². The minimum atomic E-state index is -4.63. The normalized spacial score (nSPS) is 16.7. The van der Waals surface area contributed by atoms with Gasteiger partial charge in [-0.3, -0.25) is 9.69 Å². The second-order valence-electron chi connectivity index (χ2n) is 10.3. The van der Waals surface area contributed by atoms with E-state index in [4.69, 9.17) is 4.74 Å². The fourth-order valence-corrected chi connectivity index (χ4v) is 6.36. The van der Waals surface area contributed by atoms with E-state index in [0.717, 1.165) is 21.2 Å². The number of aliphatic carboxylic acids is 1. The molecule has 1 unspecified atom stereocenters. The van der Waals surface area contributed by atoms with Gasteiger partial charge < -0.3 is 14.9 Å². The molecule has 4 aromatic heterocycles. The molecule has 218 valence electrons. The van der Waals surface area contributed by atoms with E-state index >= 15 is 0 Å². The number of aromatic hydroxyl groups is 1. The summed E-state index contributed by atoms with van der Waals surface area (Å²) in [6, 6.07) is 8.16. The van der Waals surface area contributed by atoms with Crippen LogP contribution in [0.15, 0.2) is 41.9 Å². The molecule has 10 nitrogen and oxygen atoms in total. The maximum absolute atomic E-state index is 13.9. The fraction of sp³-hybridized carbons (Fsp3) is 0.321. The second kappa shape index (κ2) is 10.5. The van der Waals surface area contributed by atoms with E-state index in [2.05, 4.69) is 20.3 Å². The lowest BCUT2D eigenvalue weighted by atomic mass is 9.85. The first kappa shape index (κ1) is 27.8. The quantitative estimate of drug-likeness (QED) is 0.280. The first-order chi connectivity index (χ1) is 20.0. The maximum atomic E-state index is 13.9. The molecule has 1 aliphatic heterocycles. The van der Waals surface area contributed by atoms with E-state index in [1.54, 1.807) is 22.8 Å². The van der Waals surface area contributed by atoms with Gasteiger partial charge in [-0.05, 0) is 58.1 Å². The molecule has 0 amide bonds. The van der Waals surface area contributed by atoms with Crippen LogP contribution in [0.3, 0.4) is 0 Å². The zero-order valence-electron chi connectivity index (χ0n) is 22.5. The van der Waals surface area contributed by atoms with Crippen LogP contribution >= 0.6 is 11.3 Å². The Morgan fingerprint density at radius 1 is 1.26 bits per heavy atom. The van der Waals surface area contributed by atoms with Crippen LogP contribution in [0.1, 0.15) is 40.3 Å². The van der Waals surface area contributed by atoms with E-state index in [1.165, 1.54) is 23.5 Å². The largest absolute Gasteiger partial charge is 0.493 e. The number of pyridine rings is 2. The molecule has 0 fully saturated rings. The Hall–Kier alpha value is -4.30. The Labute approximate surface area is 241 Å². The van der Waals surface area contributed by atoms with Crippen molar-refractivity contribution in [3.8, 4) is 11.6 Å². The van der Waals surface area contributed by atoms with Crippen LogP contribution < -0.4 is 4.74 Å². The molecule has 42 heavy (non-hydrogen) atoms. The van der Waals surface area contributed by atoms with Gasteiger partial charge in [-0.15, -0.1) is 16.4 Å². The van der Waals surface area contributed by atoms with Gasteiger partial charge in [0, 0.05) is 49.6 Å². The average Bonchev–Trinajstić information content (AvgIpc) is 3.50. The van der Waals surface area contributed by atoms with Crippen molar-refractivity contribution in [3.63, 3.8) is 0 Å². The van der Waals surface area contributed by atoms with Crippen molar-refractivity contribution in [2.75, 3.05) is 6.54 Å². The number of aryl methyl sites for hydroxylation is 2. The minimum Gasteiger partial charge on any atom is -0.493 e. The summed E-state index contributed by atoms with van der Waals surface area (Å²) in [4.78, 5) is 22.2. The number of rotatable bonds is 6. The van der Waals surface area contributed by atoms with Gasteiger partial charge in [-0.2, -0.15) is 13.2 Å². The van der Waals surface area contributed by atoms with Gasteiger partial charge in [0.1, 0.15) is 17.0 Å². The zero-order chi connectivity index (χ0) is 29.8. The van der Waals surface area contributed by atoms with E-state index in [0.29, 0.717) is 22.3 Å². The van der Waals surface area contributed by atoms with Gasteiger partial charge in [0.15, 0.2) is 5.65 Å². The highest BCUT2D eigenvalue weighted by molar-refractivity contribution is 7.17. The number of carboxylic acid groups (broad SMARTS) is 1. The Morgan fingerprint density at radius 3 is 2.83 bits per heavy atom. The van der Waals surface area contributed by atoms with Crippen molar-refractivity contribution in [1.29, 1.82) is 0 Å². The van der Waals surface area contributed by atoms with Crippen LogP contribution in [0, 0.1) is 6.92 Å². The molecule has 5 heterocycles. The average molecular weight is 599 g/mol. The lowest BCUT2D eigenvalue weighted by Gasteiger charge is -2.26. The highest BCUT2D eigenvalue weighted by atomic mass is 32.1. The number of halogens is 3. The summed E-state index contributed by atoms with van der Waals surface area (Å²) in [5, 5.41) is 30.7. The summed E-state index contributed by atoms with van der Waals surface area (Å²) in [5.41, 5.74) is 4.21. The lowest BCUT2D eigenvalue weighted by molar-refractivity contribution is -0.198. The molecule has 5 aromatic rings. The summed E-state index contributed by atoms with van der Waals surface area (Å²) < 4.78 is 49.6. The Kier molecular flexibility index (Phi) is 6.97. The number of carboxylic acids is 1. The molecule has 0 radical (unpaired) electrons. The molecule has 2 atom stereocenters. The number of hydrogen-bond acceptors (Lipinski definition) is 9. The number of alkyl halides is 3. The van der Waals surface area contributed by atoms with Crippen LogP contribution in [0.4, 0.5) is 13.2 Å². The first-order valence-electron chi connectivity index (χ1n) is 13.0. The summed E-state index contributed by atoms with van der Waals surface area (Å²) in [7, 11) is 1.72. The maximum Gasteiger partial charge on any atom is 0.426 e. The van der Waals surface area contributed by atoms with Gasteiger partial charge >= 0.3 is 12.1 Å². The predicted molar refractivity (Wildman–Crippen MR) is 147 cm³/mol. The second-order valence-corrected chi connectivity index (χ2v) is 11.2. The topological polar surface area (TPSA) is 126 Å². The van der Waals surface area contributed by atoms with E-state index in [-0.39, 0.29) is 36.8 Å². The molecule has 0 bridgehead atoms. The molecular formula is C28H25F3N6O4S. The molecule has 0 saturated heterocycles. The van der Waals surface area contributed by atoms with Gasteiger partial charge in [-0.25, -0.2) is 14.6 Å². The molecule has 1 aliphatic rings. The summed E-state index contributed by atoms with van der Waals surface area (Å²) in [6.07, 6.45) is -5.32. The number of thiophene rings is 1. The molecule has 6 rings (SSSR count). The van der Waals surface area contributed by atoms with E-state index in [1.807, 2.05) is 30.5 Å². The van der Waals surface area contributed by atoms with Crippen LogP contribution in [0.25, 0.3) is 21.3 Å². The number of fused-ring (bicyclic) bond motifs is 3. The van der Waals surface area contributed by atoms with Crippen molar-refractivity contribution in [1.82, 2.24) is 29.9 Å². The predicted octanol–water partition coefficient (Wildman–Crippen LogP) is 4.92. The van der Waals surface area contributed by atoms with Gasteiger partial charge in [0.25, 0.3) is 0 Å². The monoisotopic (exact) mass is 598 g/mol. The Bertz CT molecular complexity index is 1820. The van der Waals surface area contributed by atoms with Crippen molar-refractivity contribution in [3.05, 3.63) is 69.9 Å². The van der Waals surface area contributed by atoms with Gasteiger partial charge in [0.2, 0.25) is 12.0 Å². The highest BCUT2D eigenvalue weighted by Crippen LogP contribution is 2.38. The lowest BCUT2D eigenvalue weighted by Crippen LogP contribution is -2.42. The van der Waals surface area contributed by atoms with Crippen molar-refractivity contribution < 1.29 is 32.9 Å². The van der Waals surface area contributed by atoms with Crippen LogP contribution in [0.2, 0.25) is 0 Å². The minimum absolute atomic E-state index is 0.0122. The van der Waals surface area contributed by atoms with Crippen molar-refractivity contribution >= 4 is 38.6 Å². The molecule has 1 aromatic carbocycles. The number of aromatic nitrogens is 5. The summed E-state index contributed by atoms with van der Waals surface area (Å²) in [6.45, 7) is 1.51. The molecule has 14 heteroatoms. The van der Waals surface area contributed by atoms with Crippen molar-refractivity contribution in [2.24, 2.45) is 7.05 Å². The third kappa shape index (κ3) is 5.23. The molecular weight excluding hydrogens is 573 g/mol. The number of nitrogens with zero attached hydrogens (tertiary/aromatic N) is 6. The van der Waals surface area contributed by atoms with E-state index in [9.17, 15) is 28.2 Å². The number of hydrogen-bond donors (Lipinski definition) is 2. The highest BCUT2D eigenvalue weighted by Gasteiger charge is 2.44. The Balaban J connectivity index is 1.43. The molecule has 0 spiro atoms. The number of ether oxygens (including phenoxy) is 1. The Morgan fingerprint density at radius 2 is 2.07 bits per heavy atom. The van der Waals surface area contributed by atoms with Crippen molar-refractivity contribution in [2.45, 2.75) is 44.6 Å². The van der Waals surface area contributed by atoms with E-state index < -0.39 is 30.7 Å². The first-order valence-corrected chi connectivity index (χ1v) is 13.9. The number of carbonyl (C=O) groups is 1. The summed E-state index contributed by atoms with van der Waals surface area (Å²) in [5.74, 6) is -1.95. The SMILES string of the molecule is Cc1c(C(CC(=O)O)c2cc(CN3Cc4nc(O)ccc4O[C@H](C(F)(F)F)C3)c3sccc3c2)cnc2c1nnn2C. The van der Waals surface area contributed by atoms with Crippen LogP contribution in [-0.4, -0.2) is 64.9 Å². The number of benzene rings is 1.